The highest BCUT2D eigenvalue weighted by Crippen LogP contribution is 2.10. The second-order valence-electron chi connectivity index (χ2n) is 5.78. The van der Waals surface area contributed by atoms with E-state index in [4.69, 9.17) is 0 Å². The Morgan fingerprint density at radius 2 is 1.83 bits per heavy atom. The molecule has 0 spiro atoms. The molecule has 138 valence electrons. The van der Waals surface area contributed by atoms with Gasteiger partial charge in [0.05, 0.1) is 12.3 Å². The number of aryl methyl sites for hydroxylation is 1. The number of halogens is 1. The molecule has 1 aromatic rings. The second-order valence-corrected chi connectivity index (χ2v) is 8.04. The van der Waals surface area contributed by atoms with Crippen LogP contribution in [0.1, 0.15) is 38.3 Å². The van der Waals surface area contributed by atoms with Crippen molar-refractivity contribution < 1.29 is 8.42 Å². The smallest absolute Gasteiger partial charge is 0.191 e. The molecule has 0 aliphatic rings. The third-order valence-electron chi connectivity index (χ3n) is 3.56. The van der Waals surface area contributed by atoms with Gasteiger partial charge in [-0.05, 0) is 37.8 Å². The van der Waals surface area contributed by atoms with Crippen molar-refractivity contribution >= 4 is 39.8 Å². The number of guanidine groups is 1. The summed E-state index contributed by atoms with van der Waals surface area (Å²) < 4.78 is 22.5. The molecule has 0 aliphatic heterocycles. The van der Waals surface area contributed by atoms with Crippen LogP contribution in [-0.2, 0) is 22.8 Å². The molecule has 5 nitrogen and oxygen atoms in total. The van der Waals surface area contributed by atoms with Crippen LogP contribution in [0.3, 0.4) is 0 Å². The van der Waals surface area contributed by atoms with Gasteiger partial charge in [0, 0.05) is 18.8 Å². The molecule has 0 radical (unpaired) electrons. The van der Waals surface area contributed by atoms with Crippen LogP contribution in [0.2, 0.25) is 0 Å². The van der Waals surface area contributed by atoms with E-state index in [1.165, 1.54) is 17.4 Å². The van der Waals surface area contributed by atoms with Crippen molar-refractivity contribution in [3.8, 4) is 0 Å². The van der Waals surface area contributed by atoms with Crippen molar-refractivity contribution in [1.29, 1.82) is 0 Å². The Kier molecular flexibility index (Phi) is 11.3. The van der Waals surface area contributed by atoms with Crippen LogP contribution in [0.15, 0.2) is 29.3 Å². The molecule has 0 saturated heterocycles. The first-order chi connectivity index (χ1) is 10.9. The van der Waals surface area contributed by atoms with Gasteiger partial charge in [-0.25, -0.2) is 13.4 Å². The van der Waals surface area contributed by atoms with Crippen LogP contribution >= 0.6 is 24.0 Å². The van der Waals surface area contributed by atoms with Crippen molar-refractivity contribution in [2.75, 3.05) is 18.6 Å². The van der Waals surface area contributed by atoms with Crippen molar-refractivity contribution in [2.24, 2.45) is 4.99 Å². The average molecular weight is 467 g/mol. The zero-order valence-corrected chi connectivity index (χ0v) is 18.1. The lowest BCUT2D eigenvalue weighted by atomic mass is 10.1. The second kappa shape index (κ2) is 11.7. The zero-order valence-electron chi connectivity index (χ0n) is 15.0. The number of sulfone groups is 1. The van der Waals surface area contributed by atoms with E-state index in [1.54, 1.807) is 0 Å². The standard InChI is InChI=1S/C17H29N3O2S.HI/c1-5-15-9-7-8-10-16(15)13-19-17(18-6-2)20-14(3)11-12-23(4,21)22;/h7-10,14H,5-6,11-13H2,1-4H3,(H2,18,19,20);1H. The van der Waals surface area contributed by atoms with Gasteiger partial charge in [-0.3, -0.25) is 0 Å². The number of aliphatic imine (C=N–C) groups is 1. The number of hydrogen-bond acceptors (Lipinski definition) is 3. The summed E-state index contributed by atoms with van der Waals surface area (Å²) in [5.74, 6) is 0.901. The minimum Gasteiger partial charge on any atom is -0.357 e. The van der Waals surface area contributed by atoms with Gasteiger partial charge >= 0.3 is 0 Å². The van der Waals surface area contributed by atoms with Crippen molar-refractivity contribution in [1.82, 2.24) is 10.6 Å². The zero-order chi connectivity index (χ0) is 17.3. The number of benzene rings is 1. The normalized spacial score (nSPS) is 13.1. The van der Waals surface area contributed by atoms with Gasteiger partial charge in [-0.2, -0.15) is 0 Å². The van der Waals surface area contributed by atoms with Crippen molar-refractivity contribution in [3.63, 3.8) is 0 Å². The summed E-state index contributed by atoms with van der Waals surface area (Å²) in [6.45, 7) is 7.49. The molecule has 2 N–H and O–H groups in total. The summed E-state index contributed by atoms with van der Waals surface area (Å²) in [4.78, 5) is 4.62. The highest BCUT2D eigenvalue weighted by Gasteiger charge is 2.09. The lowest BCUT2D eigenvalue weighted by Gasteiger charge is -2.17. The van der Waals surface area contributed by atoms with E-state index in [1.807, 2.05) is 26.0 Å². The maximum atomic E-state index is 11.3. The third-order valence-corrected chi connectivity index (χ3v) is 4.53. The Balaban J connectivity index is 0.00000529. The number of rotatable bonds is 8. The summed E-state index contributed by atoms with van der Waals surface area (Å²) in [5, 5.41) is 6.48. The molecule has 1 rings (SSSR count). The van der Waals surface area contributed by atoms with E-state index in [9.17, 15) is 8.42 Å². The monoisotopic (exact) mass is 467 g/mol. The van der Waals surface area contributed by atoms with E-state index in [0.29, 0.717) is 13.0 Å². The molecule has 24 heavy (non-hydrogen) atoms. The van der Waals surface area contributed by atoms with Crippen LogP contribution < -0.4 is 10.6 Å². The number of nitrogens with zero attached hydrogens (tertiary/aromatic N) is 1. The van der Waals surface area contributed by atoms with Gasteiger partial charge in [0.2, 0.25) is 0 Å². The third kappa shape index (κ3) is 9.46. The predicted molar refractivity (Wildman–Crippen MR) is 113 cm³/mol. The van der Waals surface area contributed by atoms with E-state index < -0.39 is 9.84 Å². The topological polar surface area (TPSA) is 70.6 Å². The lowest BCUT2D eigenvalue weighted by molar-refractivity contribution is 0.581. The molecule has 0 aromatic heterocycles. The number of hydrogen-bond donors (Lipinski definition) is 2. The first-order valence-corrected chi connectivity index (χ1v) is 10.2. The van der Waals surface area contributed by atoms with Gasteiger partial charge in [0.15, 0.2) is 5.96 Å². The van der Waals surface area contributed by atoms with Gasteiger partial charge in [-0.15, -0.1) is 24.0 Å². The molecule has 1 atom stereocenters. The molecule has 0 heterocycles. The Bertz CT molecular complexity index is 618. The molecule has 1 aromatic carbocycles. The van der Waals surface area contributed by atoms with Crippen LogP contribution in [0, 0.1) is 0 Å². The molecule has 0 amide bonds. The minimum atomic E-state index is -2.93. The summed E-state index contributed by atoms with van der Waals surface area (Å²) in [6, 6.07) is 8.34. The van der Waals surface area contributed by atoms with Crippen molar-refractivity contribution in [3.05, 3.63) is 35.4 Å². The summed E-state index contributed by atoms with van der Waals surface area (Å²) in [7, 11) is -2.93. The van der Waals surface area contributed by atoms with Gasteiger partial charge in [0.1, 0.15) is 9.84 Å². The Morgan fingerprint density at radius 3 is 2.38 bits per heavy atom. The average Bonchev–Trinajstić information content (AvgIpc) is 2.50. The maximum absolute atomic E-state index is 11.3. The highest BCUT2D eigenvalue weighted by molar-refractivity contribution is 14.0. The minimum absolute atomic E-state index is 0. The summed E-state index contributed by atoms with van der Waals surface area (Å²) in [5.41, 5.74) is 2.52. The summed E-state index contributed by atoms with van der Waals surface area (Å²) in [6.07, 6.45) is 2.82. The fourth-order valence-electron chi connectivity index (χ4n) is 2.24. The van der Waals surface area contributed by atoms with Crippen LogP contribution in [0.4, 0.5) is 0 Å². The van der Waals surface area contributed by atoms with E-state index in [-0.39, 0.29) is 35.8 Å². The van der Waals surface area contributed by atoms with Gasteiger partial charge in [0.25, 0.3) is 0 Å². The van der Waals surface area contributed by atoms with Crippen LogP contribution in [0.5, 0.6) is 0 Å². The maximum Gasteiger partial charge on any atom is 0.191 e. The lowest BCUT2D eigenvalue weighted by Crippen LogP contribution is -2.42. The first-order valence-electron chi connectivity index (χ1n) is 8.15. The predicted octanol–water partition coefficient (Wildman–Crippen LogP) is 2.75. The Labute approximate surface area is 163 Å². The molecular formula is C17H30IN3O2S. The molecule has 7 heteroatoms. The first kappa shape index (κ1) is 23.2. The van der Waals surface area contributed by atoms with E-state index in [2.05, 4.69) is 34.7 Å². The molecule has 1 unspecified atom stereocenters. The summed E-state index contributed by atoms with van der Waals surface area (Å²) >= 11 is 0. The number of nitrogens with one attached hydrogen (secondary N) is 2. The Morgan fingerprint density at radius 1 is 1.21 bits per heavy atom. The van der Waals surface area contributed by atoms with Crippen LogP contribution in [-0.4, -0.2) is 39.0 Å². The van der Waals surface area contributed by atoms with E-state index in [0.717, 1.165) is 18.9 Å². The SMILES string of the molecule is CCNC(=NCc1ccccc1CC)NC(C)CCS(C)(=O)=O.I. The van der Waals surface area contributed by atoms with Gasteiger partial charge in [-0.1, -0.05) is 31.2 Å². The fraction of sp³-hybridized carbons (Fsp3) is 0.588. The Hall–Kier alpha value is -0.830. The molecular weight excluding hydrogens is 437 g/mol. The molecule has 0 fully saturated rings. The van der Waals surface area contributed by atoms with E-state index >= 15 is 0 Å². The quantitative estimate of drug-likeness (QED) is 0.351. The van der Waals surface area contributed by atoms with Crippen molar-refractivity contribution in [2.45, 2.75) is 46.2 Å². The molecule has 0 bridgehead atoms. The largest absolute Gasteiger partial charge is 0.357 e. The van der Waals surface area contributed by atoms with Crippen LogP contribution in [0.25, 0.3) is 0 Å². The highest BCUT2D eigenvalue weighted by atomic mass is 127. The molecule has 0 aliphatic carbocycles. The molecule has 0 saturated carbocycles. The fourth-order valence-corrected chi connectivity index (χ4v) is 3.02. The van der Waals surface area contributed by atoms with Gasteiger partial charge < -0.3 is 10.6 Å².